The first kappa shape index (κ1) is 16.0. The van der Waals surface area contributed by atoms with E-state index in [1.54, 1.807) is 6.92 Å². The zero-order valence-electron chi connectivity index (χ0n) is 12.6. The number of thioether (sulfide) groups is 1. The summed E-state index contributed by atoms with van der Waals surface area (Å²) in [7, 11) is 0. The predicted octanol–water partition coefficient (Wildman–Crippen LogP) is 3.80. The van der Waals surface area contributed by atoms with Gasteiger partial charge in [0, 0.05) is 12.3 Å². The molecule has 1 aromatic heterocycles. The maximum Gasteiger partial charge on any atom is 0.322 e. The Kier molecular flexibility index (Phi) is 5.78. The molecule has 0 radical (unpaired) electrons. The molecule has 1 fully saturated rings. The van der Waals surface area contributed by atoms with E-state index in [0.717, 1.165) is 18.7 Å². The number of nitrogens with zero attached hydrogens (tertiary/aromatic N) is 3. The maximum atomic E-state index is 11.3. The fourth-order valence-corrected chi connectivity index (χ4v) is 3.78. The maximum absolute atomic E-state index is 11.3. The van der Waals surface area contributed by atoms with Gasteiger partial charge in [-0.3, -0.25) is 10.1 Å². The second-order valence-electron chi connectivity index (χ2n) is 5.43. The normalized spacial score (nSPS) is 15.3. The van der Waals surface area contributed by atoms with Crippen LogP contribution in [-0.2, 0) is 0 Å². The van der Waals surface area contributed by atoms with Gasteiger partial charge in [0.25, 0.3) is 0 Å². The van der Waals surface area contributed by atoms with Crippen LogP contribution in [-0.4, -0.2) is 27.2 Å². The number of hydrogen-bond donors (Lipinski definition) is 1. The molecule has 1 heterocycles. The molecule has 1 aromatic rings. The SMILES string of the molecule is CCCNc1nc(C)c([N+](=O)[O-])c(SCC2CCCC2)n1. The number of hydrogen-bond acceptors (Lipinski definition) is 6. The lowest BCUT2D eigenvalue weighted by Crippen LogP contribution is -2.09. The Morgan fingerprint density at radius 1 is 1.38 bits per heavy atom. The summed E-state index contributed by atoms with van der Waals surface area (Å²) in [6.07, 6.45) is 5.97. The van der Waals surface area contributed by atoms with Crippen LogP contribution in [0.2, 0.25) is 0 Å². The van der Waals surface area contributed by atoms with Gasteiger partial charge in [0.05, 0.1) is 4.92 Å². The van der Waals surface area contributed by atoms with Crippen molar-refractivity contribution in [2.24, 2.45) is 5.92 Å². The van der Waals surface area contributed by atoms with Crippen LogP contribution in [0.4, 0.5) is 11.6 Å². The van der Waals surface area contributed by atoms with Gasteiger partial charge in [0.1, 0.15) is 5.69 Å². The highest BCUT2D eigenvalue weighted by Crippen LogP contribution is 2.35. The minimum atomic E-state index is -0.365. The van der Waals surface area contributed by atoms with Crippen molar-refractivity contribution in [3.05, 3.63) is 15.8 Å². The Bertz CT molecular complexity index is 504. The summed E-state index contributed by atoms with van der Waals surface area (Å²) < 4.78 is 0. The van der Waals surface area contributed by atoms with Crippen LogP contribution < -0.4 is 5.32 Å². The molecular formula is C14H22N4O2S. The molecule has 21 heavy (non-hydrogen) atoms. The van der Waals surface area contributed by atoms with Gasteiger partial charge in [0.2, 0.25) is 5.95 Å². The van der Waals surface area contributed by atoms with E-state index in [9.17, 15) is 10.1 Å². The van der Waals surface area contributed by atoms with Gasteiger partial charge in [-0.15, -0.1) is 0 Å². The third-order valence-electron chi connectivity index (χ3n) is 3.67. The minimum absolute atomic E-state index is 0.0556. The van der Waals surface area contributed by atoms with E-state index in [-0.39, 0.29) is 10.6 Å². The Morgan fingerprint density at radius 3 is 2.71 bits per heavy atom. The Morgan fingerprint density at radius 2 is 2.10 bits per heavy atom. The third-order valence-corrected chi connectivity index (χ3v) is 4.87. The van der Waals surface area contributed by atoms with Crippen molar-refractivity contribution < 1.29 is 4.92 Å². The number of aromatic nitrogens is 2. The van der Waals surface area contributed by atoms with Gasteiger partial charge in [-0.2, -0.15) is 4.98 Å². The average molecular weight is 310 g/mol. The highest BCUT2D eigenvalue weighted by molar-refractivity contribution is 7.99. The summed E-state index contributed by atoms with van der Waals surface area (Å²) in [6.45, 7) is 4.50. The highest BCUT2D eigenvalue weighted by atomic mass is 32.2. The molecule has 116 valence electrons. The van der Waals surface area contributed by atoms with Crippen molar-refractivity contribution in [1.29, 1.82) is 0 Å². The van der Waals surface area contributed by atoms with Gasteiger partial charge < -0.3 is 5.32 Å². The molecule has 1 N–H and O–H groups in total. The van der Waals surface area contributed by atoms with E-state index in [0.29, 0.717) is 22.6 Å². The lowest BCUT2D eigenvalue weighted by atomic mass is 10.1. The first-order valence-corrected chi connectivity index (χ1v) is 8.50. The fourth-order valence-electron chi connectivity index (χ4n) is 2.54. The number of rotatable bonds is 7. The van der Waals surface area contributed by atoms with Gasteiger partial charge in [-0.05, 0) is 32.1 Å². The van der Waals surface area contributed by atoms with Gasteiger partial charge in [0.15, 0.2) is 5.03 Å². The fraction of sp³-hybridized carbons (Fsp3) is 0.714. The summed E-state index contributed by atoms with van der Waals surface area (Å²) in [4.78, 5) is 19.4. The highest BCUT2D eigenvalue weighted by Gasteiger charge is 2.24. The first-order valence-electron chi connectivity index (χ1n) is 7.51. The van der Waals surface area contributed by atoms with Crippen molar-refractivity contribution in [3.63, 3.8) is 0 Å². The van der Waals surface area contributed by atoms with Crippen molar-refractivity contribution in [3.8, 4) is 0 Å². The number of anilines is 1. The van der Waals surface area contributed by atoms with Crippen LogP contribution in [0, 0.1) is 23.0 Å². The lowest BCUT2D eigenvalue weighted by molar-refractivity contribution is -0.389. The van der Waals surface area contributed by atoms with E-state index in [2.05, 4.69) is 22.2 Å². The zero-order valence-corrected chi connectivity index (χ0v) is 13.4. The minimum Gasteiger partial charge on any atom is -0.354 e. The number of nitrogens with one attached hydrogen (secondary N) is 1. The first-order chi connectivity index (χ1) is 10.1. The molecule has 0 aromatic carbocycles. The molecular weight excluding hydrogens is 288 g/mol. The van der Waals surface area contributed by atoms with Crippen molar-refractivity contribution in [1.82, 2.24) is 9.97 Å². The van der Waals surface area contributed by atoms with Gasteiger partial charge in [-0.1, -0.05) is 31.5 Å². The lowest BCUT2D eigenvalue weighted by Gasteiger charge is -2.10. The molecule has 0 amide bonds. The second-order valence-corrected chi connectivity index (χ2v) is 6.44. The summed E-state index contributed by atoms with van der Waals surface area (Å²) in [5.41, 5.74) is 0.488. The zero-order chi connectivity index (χ0) is 15.2. The largest absolute Gasteiger partial charge is 0.354 e. The van der Waals surface area contributed by atoms with Gasteiger partial charge in [-0.25, -0.2) is 4.98 Å². The Balaban J connectivity index is 2.17. The van der Waals surface area contributed by atoms with Crippen LogP contribution in [0.25, 0.3) is 0 Å². The summed E-state index contributed by atoms with van der Waals surface area (Å²) >= 11 is 1.50. The van der Waals surface area contributed by atoms with E-state index in [4.69, 9.17) is 0 Å². The summed E-state index contributed by atoms with van der Waals surface area (Å²) in [5.74, 6) is 2.07. The smallest absolute Gasteiger partial charge is 0.322 e. The molecule has 0 atom stereocenters. The van der Waals surface area contributed by atoms with E-state index in [1.807, 2.05) is 0 Å². The monoisotopic (exact) mass is 310 g/mol. The predicted molar refractivity (Wildman–Crippen MR) is 84.9 cm³/mol. The molecule has 0 saturated heterocycles. The van der Waals surface area contributed by atoms with E-state index < -0.39 is 0 Å². The van der Waals surface area contributed by atoms with Crippen molar-refractivity contribution in [2.45, 2.75) is 51.0 Å². The molecule has 0 bridgehead atoms. The Hall–Kier alpha value is -1.37. The molecule has 1 aliphatic carbocycles. The molecule has 2 rings (SSSR count). The van der Waals surface area contributed by atoms with E-state index in [1.165, 1.54) is 37.4 Å². The van der Waals surface area contributed by atoms with Crippen LogP contribution >= 0.6 is 11.8 Å². The van der Waals surface area contributed by atoms with E-state index >= 15 is 0 Å². The number of nitro groups is 1. The van der Waals surface area contributed by atoms with Crippen LogP contribution in [0.3, 0.4) is 0 Å². The quantitative estimate of drug-likeness (QED) is 0.357. The molecule has 0 spiro atoms. The molecule has 1 saturated carbocycles. The van der Waals surface area contributed by atoms with Gasteiger partial charge >= 0.3 is 5.69 Å². The van der Waals surface area contributed by atoms with Crippen molar-refractivity contribution in [2.75, 3.05) is 17.6 Å². The standard InChI is InChI=1S/C14H22N4O2S/c1-3-8-15-14-16-10(2)12(18(19)20)13(17-14)21-9-11-6-4-5-7-11/h11H,3-9H2,1-2H3,(H,15,16,17). The average Bonchev–Trinajstić information content (AvgIpc) is 2.95. The molecule has 7 heteroatoms. The second kappa shape index (κ2) is 7.59. The summed E-state index contributed by atoms with van der Waals surface area (Å²) in [6, 6.07) is 0. The molecule has 0 aliphatic heterocycles. The summed E-state index contributed by atoms with van der Waals surface area (Å²) in [5, 5.41) is 14.9. The molecule has 0 unspecified atom stereocenters. The van der Waals surface area contributed by atoms with Crippen LogP contribution in [0.1, 0.15) is 44.7 Å². The van der Waals surface area contributed by atoms with Crippen LogP contribution in [0.5, 0.6) is 0 Å². The third kappa shape index (κ3) is 4.30. The number of aryl methyl sites for hydroxylation is 1. The Labute approximate surface area is 129 Å². The van der Waals surface area contributed by atoms with Crippen molar-refractivity contribution >= 4 is 23.4 Å². The topological polar surface area (TPSA) is 81.0 Å². The molecule has 6 nitrogen and oxygen atoms in total. The molecule has 1 aliphatic rings. The van der Waals surface area contributed by atoms with Crippen LogP contribution in [0.15, 0.2) is 5.03 Å².